The standard InChI is InChI=1S/C14H16FNO3/c1-2-3-11-12(19-14(11)18)13(17)16-8-9-4-6-10(15)7-5-9/h4-7,11-12H,2-3,8H2,1H3,(H,16,17)/t11?,12-/m1/s1. The van der Waals surface area contributed by atoms with Gasteiger partial charge in [-0.25, -0.2) is 4.39 Å². The molecule has 19 heavy (non-hydrogen) atoms. The van der Waals surface area contributed by atoms with E-state index in [2.05, 4.69) is 5.32 Å². The Kier molecular flexibility index (Phi) is 4.14. The van der Waals surface area contributed by atoms with Crippen LogP contribution in [0.3, 0.4) is 0 Å². The van der Waals surface area contributed by atoms with Crippen LogP contribution in [0.4, 0.5) is 4.39 Å². The van der Waals surface area contributed by atoms with Crippen LogP contribution in [-0.4, -0.2) is 18.0 Å². The molecule has 1 aliphatic rings. The molecule has 0 saturated carbocycles. The molecule has 4 nitrogen and oxygen atoms in total. The third-order valence-corrected chi connectivity index (χ3v) is 3.15. The third kappa shape index (κ3) is 3.10. The predicted molar refractivity (Wildman–Crippen MR) is 66.5 cm³/mol. The van der Waals surface area contributed by atoms with E-state index in [1.54, 1.807) is 12.1 Å². The van der Waals surface area contributed by atoms with Crippen molar-refractivity contribution in [3.8, 4) is 0 Å². The average molecular weight is 265 g/mol. The Morgan fingerprint density at radius 3 is 2.63 bits per heavy atom. The van der Waals surface area contributed by atoms with Gasteiger partial charge in [-0.1, -0.05) is 25.5 Å². The number of esters is 1. The zero-order chi connectivity index (χ0) is 13.8. The molecule has 1 N–H and O–H groups in total. The Balaban J connectivity index is 1.84. The molecule has 2 atom stereocenters. The highest BCUT2D eigenvalue weighted by molar-refractivity contribution is 5.94. The second-order valence-corrected chi connectivity index (χ2v) is 4.60. The van der Waals surface area contributed by atoms with Crippen molar-refractivity contribution in [3.05, 3.63) is 35.6 Å². The van der Waals surface area contributed by atoms with Crippen molar-refractivity contribution >= 4 is 11.9 Å². The van der Waals surface area contributed by atoms with Gasteiger partial charge in [-0.3, -0.25) is 9.59 Å². The summed E-state index contributed by atoms with van der Waals surface area (Å²) in [6, 6.07) is 5.88. The minimum atomic E-state index is -0.673. The number of nitrogens with one attached hydrogen (secondary N) is 1. The minimum absolute atomic E-state index is 0.289. The fourth-order valence-corrected chi connectivity index (χ4v) is 2.05. The second kappa shape index (κ2) is 5.82. The summed E-state index contributed by atoms with van der Waals surface area (Å²) in [5.41, 5.74) is 0.799. The number of halogens is 1. The van der Waals surface area contributed by atoms with E-state index in [0.717, 1.165) is 12.0 Å². The predicted octanol–water partition coefficient (Wildman–Crippen LogP) is 1.78. The van der Waals surface area contributed by atoms with Crippen LogP contribution in [0.15, 0.2) is 24.3 Å². The highest BCUT2D eigenvalue weighted by atomic mass is 19.1. The van der Waals surface area contributed by atoms with Gasteiger partial charge in [0.1, 0.15) is 11.7 Å². The first kappa shape index (κ1) is 13.5. The molecule has 0 radical (unpaired) electrons. The summed E-state index contributed by atoms with van der Waals surface area (Å²) in [6.45, 7) is 2.26. The smallest absolute Gasteiger partial charge is 0.314 e. The molecule has 1 amide bonds. The summed E-state index contributed by atoms with van der Waals surface area (Å²) in [5.74, 6) is -1.23. The molecule has 1 heterocycles. The summed E-state index contributed by atoms with van der Waals surface area (Å²) in [7, 11) is 0. The van der Waals surface area contributed by atoms with E-state index in [9.17, 15) is 14.0 Å². The van der Waals surface area contributed by atoms with Gasteiger partial charge in [-0.2, -0.15) is 0 Å². The first-order valence-corrected chi connectivity index (χ1v) is 6.34. The summed E-state index contributed by atoms with van der Waals surface area (Å²) >= 11 is 0. The Bertz CT molecular complexity index is 472. The van der Waals surface area contributed by atoms with Gasteiger partial charge in [0.15, 0.2) is 6.10 Å². The topological polar surface area (TPSA) is 55.4 Å². The first-order valence-electron chi connectivity index (χ1n) is 6.34. The number of cyclic esters (lactones) is 1. The van der Waals surface area contributed by atoms with Crippen molar-refractivity contribution in [2.75, 3.05) is 0 Å². The van der Waals surface area contributed by atoms with Crippen molar-refractivity contribution in [2.24, 2.45) is 5.92 Å². The van der Waals surface area contributed by atoms with E-state index in [1.165, 1.54) is 12.1 Å². The molecule has 0 spiro atoms. The van der Waals surface area contributed by atoms with Gasteiger partial charge in [-0.15, -0.1) is 0 Å². The van der Waals surface area contributed by atoms with Crippen LogP contribution in [0.1, 0.15) is 25.3 Å². The molecule has 2 rings (SSSR count). The number of carbonyl (C=O) groups is 2. The van der Waals surface area contributed by atoms with E-state index in [0.29, 0.717) is 13.0 Å². The van der Waals surface area contributed by atoms with Gasteiger partial charge in [0.05, 0.1) is 0 Å². The zero-order valence-electron chi connectivity index (χ0n) is 10.7. The van der Waals surface area contributed by atoms with Crippen LogP contribution in [0, 0.1) is 11.7 Å². The van der Waals surface area contributed by atoms with Crippen LogP contribution in [0.2, 0.25) is 0 Å². The molecule has 0 aliphatic carbocycles. The van der Waals surface area contributed by atoms with Crippen LogP contribution >= 0.6 is 0 Å². The lowest BCUT2D eigenvalue weighted by Gasteiger charge is -2.33. The maximum absolute atomic E-state index is 12.7. The number of hydrogen-bond donors (Lipinski definition) is 1. The largest absolute Gasteiger partial charge is 0.451 e. The van der Waals surface area contributed by atoms with E-state index >= 15 is 0 Å². The van der Waals surface area contributed by atoms with Gasteiger partial charge in [0.2, 0.25) is 0 Å². The van der Waals surface area contributed by atoms with Crippen LogP contribution < -0.4 is 5.32 Å². The summed E-state index contributed by atoms with van der Waals surface area (Å²) in [6.07, 6.45) is 0.822. The minimum Gasteiger partial charge on any atom is -0.451 e. The average Bonchev–Trinajstić information content (AvgIpc) is 2.41. The zero-order valence-corrected chi connectivity index (χ0v) is 10.7. The lowest BCUT2D eigenvalue weighted by Crippen LogP contribution is -2.53. The highest BCUT2D eigenvalue weighted by Gasteiger charge is 2.46. The van der Waals surface area contributed by atoms with Gasteiger partial charge >= 0.3 is 5.97 Å². The molecule has 1 saturated heterocycles. The molecular formula is C14H16FNO3. The molecule has 0 bridgehead atoms. The summed E-state index contributed by atoms with van der Waals surface area (Å²) in [5, 5.41) is 2.69. The monoisotopic (exact) mass is 265 g/mol. The summed E-state index contributed by atoms with van der Waals surface area (Å²) in [4.78, 5) is 23.0. The van der Waals surface area contributed by atoms with Crippen molar-refractivity contribution < 1.29 is 18.7 Å². The molecule has 1 aromatic carbocycles. The number of hydrogen-bond acceptors (Lipinski definition) is 3. The third-order valence-electron chi connectivity index (χ3n) is 3.15. The molecule has 1 aromatic rings. The molecular weight excluding hydrogens is 249 g/mol. The molecule has 102 valence electrons. The van der Waals surface area contributed by atoms with Crippen molar-refractivity contribution in [3.63, 3.8) is 0 Å². The van der Waals surface area contributed by atoms with E-state index < -0.39 is 6.10 Å². The van der Waals surface area contributed by atoms with Gasteiger partial charge in [-0.05, 0) is 24.1 Å². The molecule has 1 aliphatic heterocycles. The Morgan fingerprint density at radius 1 is 1.37 bits per heavy atom. The maximum Gasteiger partial charge on any atom is 0.314 e. The highest BCUT2D eigenvalue weighted by Crippen LogP contribution is 2.26. The van der Waals surface area contributed by atoms with E-state index in [-0.39, 0.29) is 23.6 Å². The van der Waals surface area contributed by atoms with E-state index in [4.69, 9.17) is 4.74 Å². The SMILES string of the molecule is CCCC1C(=O)O[C@H]1C(=O)NCc1ccc(F)cc1. The maximum atomic E-state index is 12.7. The Morgan fingerprint density at radius 2 is 2.05 bits per heavy atom. The molecule has 0 aromatic heterocycles. The number of amides is 1. The Labute approximate surface area is 110 Å². The number of ether oxygens (including phenoxy) is 1. The number of carbonyl (C=O) groups excluding carboxylic acids is 2. The van der Waals surface area contributed by atoms with Crippen molar-refractivity contribution in [1.29, 1.82) is 0 Å². The van der Waals surface area contributed by atoms with Crippen molar-refractivity contribution in [1.82, 2.24) is 5.32 Å². The van der Waals surface area contributed by atoms with Crippen LogP contribution in [0.5, 0.6) is 0 Å². The van der Waals surface area contributed by atoms with Gasteiger partial charge in [0, 0.05) is 6.54 Å². The van der Waals surface area contributed by atoms with Gasteiger partial charge in [0.25, 0.3) is 5.91 Å². The molecule has 1 fully saturated rings. The van der Waals surface area contributed by atoms with Gasteiger partial charge < -0.3 is 10.1 Å². The lowest BCUT2D eigenvalue weighted by atomic mass is 9.91. The fraction of sp³-hybridized carbons (Fsp3) is 0.429. The second-order valence-electron chi connectivity index (χ2n) is 4.60. The number of benzene rings is 1. The first-order chi connectivity index (χ1) is 9.11. The van der Waals surface area contributed by atoms with Crippen LogP contribution in [0.25, 0.3) is 0 Å². The lowest BCUT2D eigenvalue weighted by molar-refractivity contribution is -0.189. The quantitative estimate of drug-likeness (QED) is 0.826. The van der Waals surface area contributed by atoms with Crippen molar-refractivity contribution in [2.45, 2.75) is 32.4 Å². The van der Waals surface area contributed by atoms with Crippen LogP contribution in [-0.2, 0) is 20.9 Å². The normalized spacial score (nSPS) is 21.5. The number of rotatable bonds is 5. The Hall–Kier alpha value is -1.91. The fourth-order valence-electron chi connectivity index (χ4n) is 2.05. The van der Waals surface area contributed by atoms with E-state index in [1.807, 2.05) is 6.92 Å². The molecule has 1 unspecified atom stereocenters. The summed E-state index contributed by atoms with van der Waals surface area (Å²) < 4.78 is 17.6. The molecule has 5 heteroatoms.